The largest absolute Gasteiger partial charge is 0.306 e. The lowest BCUT2D eigenvalue weighted by Gasteiger charge is -2.03. The van der Waals surface area contributed by atoms with Crippen LogP contribution in [0, 0.1) is 0 Å². The Morgan fingerprint density at radius 1 is 1.38 bits per heavy atom. The van der Waals surface area contributed by atoms with Crippen molar-refractivity contribution in [1.82, 2.24) is 25.9 Å². The first-order chi connectivity index (χ1) is 7.75. The van der Waals surface area contributed by atoms with Gasteiger partial charge in [-0.2, -0.15) is 5.21 Å². The Kier molecular flexibility index (Phi) is 3.87. The Morgan fingerprint density at radius 2 is 2.25 bits per heavy atom. The molecular weight excluding hydrogens is 293 g/mol. The predicted octanol–water partition coefficient (Wildman–Crippen LogP) is 1.91. The van der Waals surface area contributed by atoms with Crippen LogP contribution in [0.15, 0.2) is 22.7 Å². The number of aromatic nitrogens is 4. The first-order valence-electron chi connectivity index (χ1n) is 4.62. The van der Waals surface area contributed by atoms with Crippen LogP contribution in [0.4, 0.5) is 0 Å². The number of tetrazole rings is 1. The summed E-state index contributed by atoms with van der Waals surface area (Å²) in [6.07, 6.45) is 0. The van der Waals surface area contributed by atoms with Gasteiger partial charge in [0, 0.05) is 11.0 Å². The van der Waals surface area contributed by atoms with Crippen molar-refractivity contribution in [2.45, 2.75) is 13.1 Å². The second-order valence-electron chi connectivity index (χ2n) is 3.18. The minimum atomic E-state index is 0.574. The average molecular weight is 303 g/mol. The van der Waals surface area contributed by atoms with Crippen molar-refractivity contribution >= 4 is 27.5 Å². The van der Waals surface area contributed by atoms with Crippen LogP contribution < -0.4 is 5.32 Å². The Bertz CT molecular complexity index is 459. The number of rotatable bonds is 4. The number of nitrogens with zero attached hydrogens (tertiary/aromatic N) is 3. The van der Waals surface area contributed by atoms with Gasteiger partial charge in [-0.15, -0.1) is 10.2 Å². The molecule has 5 nitrogen and oxygen atoms in total. The van der Waals surface area contributed by atoms with E-state index in [2.05, 4.69) is 41.9 Å². The van der Waals surface area contributed by atoms with E-state index in [9.17, 15) is 0 Å². The normalized spacial score (nSPS) is 10.6. The molecular formula is C9H9BrClN5. The topological polar surface area (TPSA) is 66.5 Å². The summed E-state index contributed by atoms with van der Waals surface area (Å²) in [4.78, 5) is 0. The molecule has 16 heavy (non-hydrogen) atoms. The van der Waals surface area contributed by atoms with Crippen molar-refractivity contribution in [3.8, 4) is 0 Å². The molecule has 0 bridgehead atoms. The predicted molar refractivity (Wildman–Crippen MR) is 63.9 cm³/mol. The minimum absolute atomic E-state index is 0.574. The zero-order valence-corrected chi connectivity index (χ0v) is 10.6. The molecule has 2 N–H and O–H groups in total. The van der Waals surface area contributed by atoms with Gasteiger partial charge in [0.25, 0.3) is 0 Å². The molecule has 2 aromatic rings. The summed E-state index contributed by atoms with van der Waals surface area (Å²) in [5.41, 5.74) is 1.11. The van der Waals surface area contributed by atoms with E-state index in [1.807, 2.05) is 18.2 Å². The molecule has 84 valence electrons. The highest BCUT2D eigenvalue weighted by Crippen LogP contribution is 2.22. The van der Waals surface area contributed by atoms with Crippen molar-refractivity contribution in [2.75, 3.05) is 0 Å². The Hall–Kier alpha value is -0.980. The van der Waals surface area contributed by atoms with Crippen LogP contribution in [0.2, 0.25) is 5.02 Å². The van der Waals surface area contributed by atoms with Crippen molar-refractivity contribution in [1.29, 1.82) is 0 Å². The van der Waals surface area contributed by atoms with E-state index < -0.39 is 0 Å². The molecule has 0 aliphatic rings. The van der Waals surface area contributed by atoms with Gasteiger partial charge in [-0.3, -0.25) is 0 Å². The van der Waals surface area contributed by atoms with Gasteiger partial charge in [-0.25, -0.2) is 0 Å². The van der Waals surface area contributed by atoms with E-state index in [1.165, 1.54) is 0 Å². The third-order valence-electron chi connectivity index (χ3n) is 1.99. The van der Waals surface area contributed by atoms with E-state index in [-0.39, 0.29) is 0 Å². The van der Waals surface area contributed by atoms with Crippen molar-refractivity contribution < 1.29 is 0 Å². The summed E-state index contributed by atoms with van der Waals surface area (Å²) >= 11 is 9.32. The molecule has 1 heterocycles. The van der Waals surface area contributed by atoms with Gasteiger partial charge in [-0.1, -0.05) is 22.9 Å². The number of hydrogen-bond acceptors (Lipinski definition) is 4. The average Bonchev–Trinajstić information content (AvgIpc) is 2.76. The van der Waals surface area contributed by atoms with Crippen LogP contribution in [0.1, 0.15) is 11.4 Å². The highest BCUT2D eigenvalue weighted by Gasteiger charge is 2.00. The van der Waals surface area contributed by atoms with E-state index in [0.29, 0.717) is 23.9 Å². The fourth-order valence-electron chi connectivity index (χ4n) is 1.23. The van der Waals surface area contributed by atoms with E-state index in [0.717, 1.165) is 10.0 Å². The summed E-state index contributed by atoms with van der Waals surface area (Å²) in [5.74, 6) is 0.642. The van der Waals surface area contributed by atoms with Crippen LogP contribution in [0.5, 0.6) is 0 Å². The van der Waals surface area contributed by atoms with E-state index in [1.54, 1.807) is 0 Å². The molecule has 0 saturated heterocycles. The number of benzene rings is 1. The second kappa shape index (κ2) is 5.38. The van der Waals surface area contributed by atoms with Crippen molar-refractivity contribution in [3.63, 3.8) is 0 Å². The van der Waals surface area contributed by atoms with Crippen LogP contribution >= 0.6 is 27.5 Å². The molecule has 0 atom stereocenters. The number of hydrogen-bond donors (Lipinski definition) is 2. The van der Waals surface area contributed by atoms with Crippen molar-refractivity contribution in [3.05, 3.63) is 39.1 Å². The summed E-state index contributed by atoms with van der Waals surface area (Å²) in [7, 11) is 0. The van der Waals surface area contributed by atoms with Gasteiger partial charge in [-0.05, 0) is 33.6 Å². The van der Waals surface area contributed by atoms with Crippen LogP contribution in [0.25, 0.3) is 0 Å². The smallest absolute Gasteiger partial charge is 0.188 e. The molecule has 0 unspecified atom stereocenters. The lowest BCUT2D eigenvalue weighted by molar-refractivity contribution is 0.663. The monoisotopic (exact) mass is 301 g/mol. The van der Waals surface area contributed by atoms with Crippen LogP contribution in [-0.2, 0) is 13.1 Å². The fourth-order valence-corrected chi connectivity index (χ4v) is 1.68. The molecule has 0 aliphatic heterocycles. The summed E-state index contributed by atoms with van der Waals surface area (Å²) in [6.45, 7) is 1.28. The van der Waals surface area contributed by atoms with Gasteiger partial charge in [0.2, 0.25) is 0 Å². The molecule has 0 saturated carbocycles. The quantitative estimate of drug-likeness (QED) is 0.905. The molecule has 0 fully saturated rings. The third-order valence-corrected chi connectivity index (χ3v) is 3.22. The summed E-state index contributed by atoms with van der Waals surface area (Å²) in [5, 5.41) is 17.4. The van der Waals surface area contributed by atoms with Gasteiger partial charge in [0.15, 0.2) is 5.82 Å². The molecule has 7 heteroatoms. The molecule has 1 aromatic heterocycles. The maximum atomic E-state index is 5.98. The molecule has 0 amide bonds. The van der Waals surface area contributed by atoms with Crippen LogP contribution in [0.3, 0.4) is 0 Å². The van der Waals surface area contributed by atoms with Gasteiger partial charge in [0.1, 0.15) is 0 Å². The van der Waals surface area contributed by atoms with E-state index in [4.69, 9.17) is 11.6 Å². The molecule has 0 spiro atoms. The van der Waals surface area contributed by atoms with Crippen LogP contribution in [-0.4, -0.2) is 20.6 Å². The number of halogens is 2. The molecule has 0 radical (unpaired) electrons. The standard InChI is InChI=1S/C9H9BrClN5/c10-7-2-1-6(3-8(7)11)4-12-5-9-13-15-16-14-9/h1-3,12H,4-5H2,(H,13,14,15,16). The lowest BCUT2D eigenvalue weighted by atomic mass is 10.2. The summed E-state index contributed by atoms with van der Waals surface area (Å²) < 4.78 is 0.899. The van der Waals surface area contributed by atoms with Gasteiger partial charge in [0.05, 0.1) is 11.6 Å². The molecule has 0 aliphatic carbocycles. The first kappa shape index (κ1) is 11.5. The maximum absolute atomic E-state index is 5.98. The lowest BCUT2D eigenvalue weighted by Crippen LogP contribution is -2.13. The number of aromatic amines is 1. The number of H-pyrrole nitrogens is 1. The molecule has 2 rings (SSSR count). The molecule has 1 aromatic carbocycles. The van der Waals surface area contributed by atoms with Gasteiger partial charge >= 0.3 is 0 Å². The highest BCUT2D eigenvalue weighted by atomic mass is 79.9. The zero-order chi connectivity index (χ0) is 11.4. The van der Waals surface area contributed by atoms with E-state index >= 15 is 0 Å². The second-order valence-corrected chi connectivity index (χ2v) is 4.44. The minimum Gasteiger partial charge on any atom is -0.306 e. The fraction of sp³-hybridized carbons (Fsp3) is 0.222. The first-order valence-corrected chi connectivity index (χ1v) is 5.80. The Labute approximate surface area is 106 Å². The third kappa shape index (κ3) is 3.01. The highest BCUT2D eigenvalue weighted by molar-refractivity contribution is 9.10. The maximum Gasteiger partial charge on any atom is 0.188 e. The zero-order valence-electron chi connectivity index (χ0n) is 8.24. The van der Waals surface area contributed by atoms with Gasteiger partial charge < -0.3 is 5.32 Å². The summed E-state index contributed by atoms with van der Waals surface area (Å²) in [6, 6.07) is 5.84. The SMILES string of the molecule is Clc1cc(CNCc2nn[nH]n2)ccc1Br. The number of nitrogens with one attached hydrogen (secondary N) is 2. The Morgan fingerprint density at radius 3 is 2.94 bits per heavy atom. The Balaban J connectivity index is 1.87. The van der Waals surface area contributed by atoms with Crippen molar-refractivity contribution in [2.24, 2.45) is 0 Å².